The number of rotatable bonds is 6. The molecule has 0 fully saturated rings. The van der Waals surface area contributed by atoms with Crippen LogP contribution in [0.5, 0.6) is 11.5 Å². The van der Waals surface area contributed by atoms with Gasteiger partial charge in [-0.05, 0) is 24.6 Å². The van der Waals surface area contributed by atoms with E-state index in [1.165, 1.54) is 38.5 Å². The van der Waals surface area contributed by atoms with Crippen molar-refractivity contribution in [3.63, 3.8) is 0 Å². The number of amides is 1. The lowest BCUT2D eigenvalue weighted by Crippen LogP contribution is -2.14. The van der Waals surface area contributed by atoms with E-state index in [0.29, 0.717) is 22.6 Å². The van der Waals surface area contributed by atoms with Gasteiger partial charge in [0, 0.05) is 17.7 Å². The Labute approximate surface area is 155 Å². The number of nitrogens with zero attached hydrogens (tertiary/aromatic N) is 2. The third-order valence-electron chi connectivity index (χ3n) is 3.78. The van der Waals surface area contributed by atoms with Crippen LogP contribution in [0, 0.1) is 28.4 Å². The van der Waals surface area contributed by atoms with Gasteiger partial charge >= 0.3 is 0 Å². The van der Waals surface area contributed by atoms with Crippen molar-refractivity contribution in [3.8, 4) is 17.6 Å². The summed E-state index contributed by atoms with van der Waals surface area (Å²) in [4.78, 5) is 22.8. The van der Waals surface area contributed by atoms with Crippen LogP contribution in [0.3, 0.4) is 0 Å². The molecule has 0 spiro atoms. The number of para-hydroxylation sites is 1. The summed E-state index contributed by atoms with van der Waals surface area (Å²) in [5.41, 5.74) is 1.03. The molecule has 0 heterocycles. The van der Waals surface area contributed by atoms with E-state index in [4.69, 9.17) is 9.47 Å². The minimum atomic E-state index is -0.689. The molecule has 2 rings (SSSR count). The van der Waals surface area contributed by atoms with Gasteiger partial charge in [0.1, 0.15) is 11.6 Å². The molecule has 2 aromatic rings. The number of hydrogen-bond donors (Lipinski definition) is 1. The summed E-state index contributed by atoms with van der Waals surface area (Å²) in [5.74, 6) is 0.150. The van der Waals surface area contributed by atoms with Crippen molar-refractivity contribution in [2.24, 2.45) is 0 Å². The summed E-state index contributed by atoms with van der Waals surface area (Å²) in [7, 11) is 2.93. The normalized spacial score (nSPS) is 10.7. The van der Waals surface area contributed by atoms with E-state index >= 15 is 0 Å². The number of ether oxygens (including phenoxy) is 2. The van der Waals surface area contributed by atoms with Crippen molar-refractivity contribution in [1.82, 2.24) is 0 Å². The summed E-state index contributed by atoms with van der Waals surface area (Å²) in [5, 5.41) is 22.8. The van der Waals surface area contributed by atoms with E-state index in [0.717, 1.165) is 0 Å². The number of anilines is 1. The Bertz CT molecular complexity index is 960. The zero-order chi connectivity index (χ0) is 20.0. The largest absolute Gasteiger partial charge is 0.493 e. The van der Waals surface area contributed by atoms with Gasteiger partial charge < -0.3 is 14.8 Å². The number of non-ortho nitro benzene ring substituents is 1. The lowest BCUT2D eigenvalue weighted by Gasteiger charge is -2.11. The molecule has 0 atom stereocenters. The van der Waals surface area contributed by atoms with Crippen LogP contribution in [0.4, 0.5) is 11.4 Å². The average molecular weight is 367 g/mol. The van der Waals surface area contributed by atoms with Crippen LogP contribution in [-0.2, 0) is 4.79 Å². The molecule has 0 aromatic heterocycles. The zero-order valence-electron chi connectivity index (χ0n) is 15.0. The molecular weight excluding hydrogens is 350 g/mol. The highest BCUT2D eigenvalue weighted by Crippen LogP contribution is 2.32. The van der Waals surface area contributed by atoms with Crippen molar-refractivity contribution in [2.75, 3.05) is 19.5 Å². The third kappa shape index (κ3) is 4.41. The molecule has 0 unspecified atom stereocenters. The van der Waals surface area contributed by atoms with E-state index in [1.54, 1.807) is 25.1 Å². The molecule has 138 valence electrons. The molecule has 8 heteroatoms. The van der Waals surface area contributed by atoms with Gasteiger partial charge in [0.15, 0.2) is 11.5 Å². The van der Waals surface area contributed by atoms with E-state index in [-0.39, 0.29) is 16.9 Å². The second kappa shape index (κ2) is 8.49. The number of aryl methyl sites for hydroxylation is 1. The number of nitriles is 1. The molecule has 0 aliphatic carbocycles. The highest BCUT2D eigenvalue weighted by Gasteiger charge is 2.16. The third-order valence-corrected chi connectivity index (χ3v) is 3.78. The standard InChI is InChI=1S/C19H17N3O5/c1-12-7-8-15(22(24)25)10-16(12)21-19(23)14(11-20)9-13-5-4-6-17(26-2)18(13)27-3/h4-10H,1-3H3,(H,21,23)/b14-9+. The molecule has 0 radical (unpaired) electrons. The summed E-state index contributed by atoms with van der Waals surface area (Å²) in [6.45, 7) is 1.69. The van der Waals surface area contributed by atoms with Gasteiger partial charge in [-0.1, -0.05) is 18.2 Å². The summed E-state index contributed by atoms with van der Waals surface area (Å²) < 4.78 is 10.5. The second-order valence-electron chi connectivity index (χ2n) is 5.46. The van der Waals surface area contributed by atoms with Crippen molar-refractivity contribution < 1.29 is 19.2 Å². The maximum Gasteiger partial charge on any atom is 0.271 e. The highest BCUT2D eigenvalue weighted by atomic mass is 16.6. The minimum Gasteiger partial charge on any atom is -0.493 e. The number of nitro benzene ring substituents is 1. The first kappa shape index (κ1) is 19.5. The van der Waals surface area contributed by atoms with Crippen LogP contribution < -0.4 is 14.8 Å². The fraction of sp³-hybridized carbons (Fsp3) is 0.158. The second-order valence-corrected chi connectivity index (χ2v) is 5.46. The van der Waals surface area contributed by atoms with Gasteiger partial charge in [-0.2, -0.15) is 5.26 Å². The number of hydrogen-bond acceptors (Lipinski definition) is 6. The van der Waals surface area contributed by atoms with E-state index < -0.39 is 10.8 Å². The number of benzene rings is 2. The van der Waals surface area contributed by atoms with E-state index in [1.807, 2.05) is 6.07 Å². The Hall–Kier alpha value is -3.86. The maximum atomic E-state index is 12.5. The van der Waals surface area contributed by atoms with Gasteiger partial charge in [0.2, 0.25) is 0 Å². The van der Waals surface area contributed by atoms with Crippen molar-refractivity contribution in [1.29, 1.82) is 5.26 Å². The van der Waals surface area contributed by atoms with Gasteiger partial charge in [-0.15, -0.1) is 0 Å². The molecular formula is C19H17N3O5. The first-order valence-electron chi connectivity index (χ1n) is 7.80. The van der Waals surface area contributed by atoms with Gasteiger partial charge in [-0.3, -0.25) is 14.9 Å². The van der Waals surface area contributed by atoms with E-state index in [9.17, 15) is 20.2 Å². The molecule has 1 amide bonds. The van der Waals surface area contributed by atoms with Crippen LogP contribution in [0.25, 0.3) is 6.08 Å². The van der Waals surface area contributed by atoms with Crippen LogP contribution in [0.15, 0.2) is 42.0 Å². The zero-order valence-corrected chi connectivity index (χ0v) is 15.0. The van der Waals surface area contributed by atoms with Gasteiger partial charge in [0.05, 0.1) is 24.8 Å². The van der Waals surface area contributed by atoms with Crippen molar-refractivity contribution in [2.45, 2.75) is 6.92 Å². The molecule has 0 saturated heterocycles. The quantitative estimate of drug-likeness (QED) is 0.362. The number of nitro groups is 1. The number of methoxy groups -OCH3 is 2. The molecule has 27 heavy (non-hydrogen) atoms. The summed E-state index contributed by atoms with van der Waals surface area (Å²) >= 11 is 0. The van der Waals surface area contributed by atoms with Crippen LogP contribution in [0.2, 0.25) is 0 Å². The fourth-order valence-electron chi connectivity index (χ4n) is 2.38. The molecule has 8 nitrogen and oxygen atoms in total. The molecule has 0 aliphatic heterocycles. The van der Waals surface area contributed by atoms with E-state index in [2.05, 4.69) is 5.32 Å². The van der Waals surface area contributed by atoms with Crippen LogP contribution in [0.1, 0.15) is 11.1 Å². The Morgan fingerprint density at radius 2 is 2.00 bits per heavy atom. The van der Waals surface area contributed by atoms with Crippen LogP contribution in [-0.4, -0.2) is 25.1 Å². The molecule has 2 aromatic carbocycles. The van der Waals surface area contributed by atoms with Gasteiger partial charge in [-0.25, -0.2) is 0 Å². The topological polar surface area (TPSA) is 114 Å². The summed E-state index contributed by atoms with van der Waals surface area (Å²) in [6, 6.07) is 11.0. The monoisotopic (exact) mass is 367 g/mol. The van der Waals surface area contributed by atoms with Gasteiger partial charge in [0.25, 0.3) is 11.6 Å². The Morgan fingerprint density at radius 3 is 2.59 bits per heavy atom. The SMILES string of the molecule is COc1cccc(/C=C(\C#N)C(=O)Nc2cc([N+](=O)[O-])ccc2C)c1OC. The maximum absolute atomic E-state index is 12.5. The lowest BCUT2D eigenvalue weighted by molar-refractivity contribution is -0.384. The molecule has 0 bridgehead atoms. The first-order valence-corrected chi connectivity index (χ1v) is 7.80. The molecule has 0 aliphatic rings. The Balaban J connectivity index is 2.38. The van der Waals surface area contributed by atoms with Crippen molar-refractivity contribution >= 4 is 23.4 Å². The molecule has 0 saturated carbocycles. The fourth-order valence-corrected chi connectivity index (χ4v) is 2.38. The Kier molecular flexibility index (Phi) is 6.12. The number of carbonyl (C=O) groups excluding carboxylic acids is 1. The highest BCUT2D eigenvalue weighted by molar-refractivity contribution is 6.10. The minimum absolute atomic E-state index is 0.159. The smallest absolute Gasteiger partial charge is 0.271 e. The molecule has 1 N–H and O–H groups in total. The number of carbonyl (C=O) groups is 1. The lowest BCUT2D eigenvalue weighted by atomic mass is 10.1. The van der Waals surface area contributed by atoms with Crippen LogP contribution >= 0.6 is 0 Å². The summed E-state index contributed by atoms with van der Waals surface area (Å²) in [6.07, 6.45) is 1.36. The number of nitrogens with one attached hydrogen (secondary N) is 1. The first-order chi connectivity index (χ1) is 12.9. The Morgan fingerprint density at radius 1 is 1.26 bits per heavy atom. The predicted octanol–water partition coefficient (Wildman–Crippen LogP) is 3.47. The average Bonchev–Trinajstić information content (AvgIpc) is 2.66. The van der Waals surface area contributed by atoms with Crippen molar-refractivity contribution in [3.05, 3.63) is 63.2 Å². The predicted molar refractivity (Wildman–Crippen MR) is 99.6 cm³/mol.